The number of rotatable bonds is 6. The minimum Gasteiger partial charge on any atom is -0.497 e. The van der Waals surface area contributed by atoms with Gasteiger partial charge in [-0.15, -0.1) is 0 Å². The van der Waals surface area contributed by atoms with Crippen LogP contribution in [0.15, 0.2) is 76.3 Å². The van der Waals surface area contributed by atoms with Crippen LogP contribution in [-0.4, -0.2) is 25.2 Å². The zero-order valence-corrected chi connectivity index (χ0v) is 18.0. The summed E-state index contributed by atoms with van der Waals surface area (Å²) in [5.41, 5.74) is 4.73. The number of methoxy groups -OCH3 is 1. The van der Waals surface area contributed by atoms with Crippen molar-refractivity contribution in [3.8, 4) is 11.5 Å². The molecule has 152 valence electrons. The molecule has 0 spiro atoms. The maximum absolute atomic E-state index is 12.5. The molecule has 0 bridgehead atoms. The first-order chi connectivity index (χ1) is 14.5. The topological polar surface area (TPSA) is 77.0 Å². The Morgan fingerprint density at radius 1 is 1.03 bits per heavy atom. The first-order valence-corrected chi connectivity index (χ1v) is 9.82. The number of aryl methyl sites for hydroxylation is 1. The van der Waals surface area contributed by atoms with E-state index < -0.39 is 5.97 Å². The third kappa shape index (κ3) is 5.33. The predicted molar refractivity (Wildman–Crippen MR) is 118 cm³/mol. The molecule has 1 N–H and O–H groups in total. The molecule has 0 radical (unpaired) electrons. The highest BCUT2D eigenvalue weighted by molar-refractivity contribution is 9.10. The van der Waals surface area contributed by atoms with Gasteiger partial charge in [0.1, 0.15) is 11.5 Å². The minimum absolute atomic E-state index is 0.328. The van der Waals surface area contributed by atoms with Crippen molar-refractivity contribution < 1.29 is 19.1 Å². The van der Waals surface area contributed by atoms with E-state index in [9.17, 15) is 9.59 Å². The third-order valence-corrected chi connectivity index (χ3v) is 4.75. The van der Waals surface area contributed by atoms with Crippen molar-refractivity contribution in [1.82, 2.24) is 5.43 Å². The number of carbonyl (C=O) groups is 2. The highest BCUT2D eigenvalue weighted by Gasteiger charge is 2.13. The molecule has 0 aliphatic carbocycles. The number of carbonyl (C=O) groups excluding carboxylic acids is 2. The number of nitrogens with zero attached hydrogens (tertiary/aromatic N) is 1. The second-order valence-corrected chi connectivity index (χ2v) is 7.23. The molecule has 3 aromatic carbocycles. The van der Waals surface area contributed by atoms with Crippen LogP contribution >= 0.6 is 15.9 Å². The Kier molecular flexibility index (Phi) is 6.98. The van der Waals surface area contributed by atoms with Gasteiger partial charge in [-0.3, -0.25) is 4.79 Å². The lowest BCUT2D eigenvalue weighted by molar-refractivity contribution is 0.0733. The summed E-state index contributed by atoms with van der Waals surface area (Å²) in [6, 6.07) is 19.0. The van der Waals surface area contributed by atoms with Crippen molar-refractivity contribution in [2.24, 2.45) is 5.10 Å². The lowest BCUT2D eigenvalue weighted by Crippen LogP contribution is -2.17. The van der Waals surface area contributed by atoms with Gasteiger partial charge in [0.15, 0.2) is 0 Å². The van der Waals surface area contributed by atoms with Crippen LogP contribution in [0.3, 0.4) is 0 Å². The Balaban J connectivity index is 1.74. The van der Waals surface area contributed by atoms with Crippen molar-refractivity contribution in [1.29, 1.82) is 0 Å². The molecule has 3 rings (SSSR count). The Morgan fingerprint density at radius 3 is 2.47 bits per heavy atom. The average molecular weight is 467 g/mol. The van der Waals surface area contributed by atoms with Crippen molar-refractivity contribution in [3.05, 3.63) is 93.5 Å². The van der Waals surface area contributed by atoms with Crippen molar-refractivity contribution in [2.45, 2.75) is 6.92 Å². The summed E-state index contributed by atoms with van der Waals surface area (Å²) < 4.78 is 11.4. The van der Waals surface area contributed by atoms with Crippen LogP contribution in [0, 0.1) is 6.92 Å². The monoisotopic (exact) mass is 466 g/mol. The molecule has 3 aromatic rings. The van der Waals surface area contributed by atoms with E-state index in [4.69, 9.17) is 9.47 Å². The smallest absolute Gasteiger partial charge is 0.343 e. The standard InChI is InChI=1S/C23H19BrN2O4/c1-15-5-3-4-6-20(15)23(28)30-21-12-9-18(24)13-17(21)14-25-26-22(27)16-7-10-19(29-2)11-8-16/h3-14H,1-2H3,(H,26,27). The van der Waals surface area contributed by atoms with Gasteiger partial charge < -0.3 is 9.47 Å². The molecule has 0 saturated carbocycles. The van der Waals surface area contributed by atoms with Gasteiger partial charge in [0.2, 0.25) is 0 Å². The molecule has 0 saturated heterocycles. The summed E-state index contributed by atoms with van der Waals surface area (Å²) in [6.45, 7) is 1.84. The second-order valence-electron chi connectivity index (χ2n) is 6.31. The van der Waals surface area contributed by atoms with Crippen molar-refractivity contribution in [2.75, 3.05) is 7.11 Å². The molecule has 7 heteroatoms. The molecule has 0 fully saturated rings. The first-order valence-electron chi connectivity index (χ1n) is 9.03. The summed E-state index contributed by atoms with van der Waals surface area (Å²) in [5.74, 6) is 0.146. The van der Waals surface area contributed by atoms with Crippen LogP contribution in [0.5, 0.6) is 11.5 Å². The fraction of sp³-hybridized carbons (Fsp3) is 0.0870. The largest absolute Gasteiger partial charge is 0.497 e. The van der Waals surface area contributed by atoms with Crippen LogP contribution in [0.1, 0.15) is 31.8 Å². The number of halogens is 1. The van der Waals surface area contributed by atoms with Gasteiger partial charge >= 0.3 is 5.97 Å². The van der Waals surface area contributed by atoms with Crippen LogP contribution in [0.25, 0.3) is 0 Å². The maximum Gasteiger partial charge on any atom is 0.343 e. The number of nitrogens with one attached hydrogen (secondary N) is 1. The zero-order valence-electron chi connectivity index (χ0n) is 16.4. The van der Waals surface area contributed by atoms with E-state index in [2.05, 4.69) is 26.5 Å². The molecule has 6 nitrogen and oxygen atoms in total. The van der Waals surface area contributed by atoms with Crippen LogP contribution in [0.2, 0.25) is 0 Å². The summed E-state index contributed by atoms with van der Waals surface area (Å²) >= 11 is 3.39. The highest BCUT2D eigenvalue weighted by Crippen LogP contribution is 2.23. The number of amides is 1. The van der Waals surface area contributed by atoms with Crippen LogP contribution < -0.4 is 14.9 Å². The second kappa shape index (κ2) is 9.84. The Morgan fingerprint density at radius 2 is 1.77 bits per heavy atom. The number of hydrazone groups is 1. The number of esters is 1. The van der Waals surface area contributed by atoms with Crippen LogP contribution in [-0.2, 0) is 0 Å². The summed E-state index contributed by atoms with van der Waals surface area (Å²) in [5, 5.41) is 3.99. The molecule has 0 heterocycles. The molecule has 30 heavy (non-hydrogen) atoms. The van der Waals surface area contributed by atoms with E-state index in [0.717, 1.165) is 10.0 Å². The SMILES string of the molecule is COc1ccc(C(=O)NN=Cc2cc(Br)ccc2OC(=O)c2ccccc2C)cc1. The molecular formula is C23H19BrN2O4. The lowest BCUT2D eigenvalue weighted by Gasteiger charge is -2.09. The van der Waals surface area contributed by atoms with Gasteiger partial charge in [0.25, 0.3) is 5.91 Å². The van der Waals surface area contributed by atoms with E-state index in [1.165, 1.54) is 6.21 Å². The zero-order chi connectivity index (χ0) is 21.5. The first kappa shape index (κ1) is 21.3. The summed E-state index contributed by atoms with van der Waals surface area (Å²) in [4.78, 5) is 24.8. The van der Waals surface area contributed by atoms with Gasteiger partial charge in [-0.1, -0.05) is 34.1 Å². The third-order valence-electron chi connectivity index (χ3n) is 4.26. The molecule has 0 atom stereocenters. The van der Waals surface area contributed by atoms with E-state index in [-0.39, 0.29) is 5.91 Å². The average Bonchev–Trinajstić information content (AvgIpc) is 2.75. The molecular weight excluding hydrogens is 448 g/mol. The van der Waals surface area contributed by atoms with Gasteiger partial charge in [0.05, 0.1) is 18.9 Å². The quantitative estimate of drug-likeness (QED) is 0.246. The van der Waals surface area contributed by atoms with E-state index >= 15 is 0 Å². The fourth-order valence-corrected chi connectivity index (χ4v) is 3.02. The van der Waals surface area contributed by atoms with Crippen molar-refractivity contribution >= 4 is 34.0 Å². The summed E-state index contributed by atoms with van der Waals surface area (Å²) in [6.07, 6.45) is 1.42. The summed E-state index contributed by atoms with van der Waals surface area (Å²) in [7, 11) is 1.56. The highest BCUT2D eigenvalue weighted by atomic mass is 79.9. The van der Waals surface area contributed by atoms with E-state index in [0.29, 0.717) is 28.2 Å². The number of benzene rings is 3. The number of hydrogen-bond acceptors (Lipinski definition) is 5. The fourth-order valence-electron chi connectivity index (χ4n) is 2.64. The number of hydrogen-bond donors (Lipinski definition) is 1. The Bertz CT molecular complexity index is 1090. The Hall–Kier alpha value is -3.45. The maximum atomic E-state index is 12.5. The van der Waals surface area contributed by atoms with E-state index in [1.807, 2.05) is 19.1 Å². The number of ether oxygens (including phenoxy) is 2. The molecule has 0 aromatic heterocycles. The predicted octanol–water partition coefficient (Wildman–Crippen LogP) is 4.75. The lowest BCUT2D eigenvalue weighted by atomic mass is 10.1. The van der Waals surface area contributed by atoms with E-state index in [1.54, 1.807) is 61.7 Å². The molecule has 0 unspecified atom stereocenters. The minimum atomic E-state index is -0.465. The molecule has 1 amide bonds. The van der Waals surface area contributed by atoms with Crippen molar-refractivity contribution in [3.63, 3.8) is 0 Å². The van der Waals surface area contributed by atoms with Crippen LogP contribution in [0.4, 0.5) is 0 Å². The van der Waals surface area contributed by atoms with Gasteiger partial charge in [0, 0.05) is 15.6 Å². The van der Waals surface area contributed by atoms with Gasteiger partial charge in [-0.2, -0.15) is 5.10 Å². The normalized spacial score (nSPS) is 10.6. The molecule has 0 aliphatic rings. The Labute approximate surface area is 182 Å². The van der Waals surface area contributed by atoms with Gasteiger partial charge in [-0.25, -0.2) is 10.2 Å². The van der Waals surface area contributed by atoms with Gasteiger partial charge in [-0.05, 0) is 61.0 Å². The molecule has 0 aliphatic heterocycles.